The van der Waals surface area contributed by atoms with Crippen molar-refractivity contribution >= 4 is 17.9 Å². The minimum atomic E-state index is -1.06. The second-order valence-corrected chi connectivity index (χ2v) is 8.47. The van der Waals surface area contributed by atoms with Crippen LogP contribution in [-0.2, 0) is 29.2 Å². The molecule has 4 N–H and O–H groups in total. The molecule has 9 nitrogen and oxygen atoms in total. The molecule has 194 valence electrons. The lowest BCUT2D eigenvalue weighted by molar-refractivity contribution is -0.145. The van der Waals surface area contributed by atoms with Gasteiger partial charge in [-0.15, -0.1) is 0 Å². The number of urea groups is 1. The minimum Gasteiger partial charge on any atom is -0.489 e. The molecule has 0 heterocycles. The number of carboxylic acids is 1. The number of ether oxygens (including phenoxy) is 1. The molecule has 0 bridgehead atoms. The summed E-state index contributed by atoms with van der Waals surface area (Å²) in [6.07, 6.45) is 0.189. The number of nitrogens with one attached hydrogen (secondary N) is 3. The average Bonchev–Trinajstić information content (AvgIpc) is 2.91. The van der Waals surface area contributed by atoms with Crippen molar-refractivity contribution in [1.82, 2.24) is 21.1 Å². The Kier molecular flexibility index (Phi) is 10.5. The fourth-order valence-corrected chi connectivity index (χ4v) is 3.54. The number of aliphatic carboxylic acids is 1. The van der Waals surface area contributed by atoms with Crippen LogP contribution >= 0.6 is 0 Å². The van der Waals surface area contributed by atoms with E-state index >= 15 is 0 Å². The molecular formula is C28H32N4O5. The Hall–Kier alpha value is -4.37. The molecule has 1 atom stereocenters. The lowest BCUT2D eigenvalue weighted by atomic mass is 10.1. The smallest absolute Gasteiger partial charge is 0.323 e. The molecule has 37 heavy (non-hydrogen) atoms. The number of nitrogens with zero attached hydrogens (tertiary/aromatic N) is 1. The Balaban J connectivity index is 1.40. The normalized spacial score (nSPS) is 11.4. The van der Waals surface area contributed by atoms with Crippen molar-refractivity contribution in [2.75, 3.05) is 13.6 Å². The summed E-state index contributed by atoms with van der Waals surface area (Å²) in [5.41, 5.74) is 5.39. The third kappa shape index (κ3) is 9.65. The third-order valence-corrected chi connectivity index (χ3v) is 5.59. The highest BCUT2D eigenvalue weighted by Crippen LogP contribution is 2.16. The molecule has 0 spiro atoms. The van der Waals surface area contributed by atoms with Gasteiger partial charge in [-0.05, 0) is 28.8 Å². The van der Waals surface area contributed by atoms with Crippen LogP contribution in [0, 0.1) is 0 Å². The summed E-state index contributed by atoms with van der Waals surface area (Å²) in [4.78, 5) is 36.1. The SMILES string of the molecule is CN(NC(=O)CCNC(=O)NCc1ccccc1)C(Cc1ccc(OCc2ccccc2)cc1)C(=O)O. The van der Waals surface area contributed by atoms with Crippen LogP contribution in [0.1, 0.15) is 23.1 Å². The van der Waals surface area contributed by atoms with E-state index in [2.05, 4.69) is 16.1 Å². The van der Waals surface area contributed by atoms with E-state index < -0.39 is 17.9 Å². The fraction of sp³-hybridized carbons (Fsp3) is 0.250. The Morgan fingerprint density at radius 3 is 2.08 bits per heavy atom. The molecule has 3 aromatic rings. The second kappa shape index (κ2) is 14.3. The van der Waals surface area contributed by atoms with Gasteiger partial charge in [0, 0.05) is 33.0 Å². The summed E-state index contributed by atoms with van der Waals surface area (Å²) >= 11 is 0. The molecular weight excluding hydrogens is 472 g/mol. The van der Waals surface area contributed by atoms with Gasteiger partial charge in [0.05, 0.1) is 0 Å². The van der Waals surface area contributed by atoms with E-state index in [-0.39, 0.29) is 25.4 Å². The predicted molar refractivity (Wildman–Crippen MR) is 140 cm³/mol. The highest BCUT2D eigenvalue weighted by molar-refractivity contribution is 5.79. The molecule has 3 amide bonds. The standard InChI is InChI=1S/C28H32N4O5/c1-32(31-26(33)16-17-29-28(36)30-19-22-8-4-2-5-9-22)25(27(34)35)18-21-12-14-24(15-13-21)37-20-23-10-6-3-7-11-23/h2-15,25H,16-20H2,1H3,(H,31,33)(H,34,35)(H2,29,30,36). The molecule has 0 radical (unpaired) electrons. The topological polar surface area (TPSA) is 120 Å². The molecule has 0 aliphatic rings. The van der Waals surface area contributed by atoms with Crippen molar-refractivity contribution in [3.63, 3.8) is 0 Å². The summed E-state index contributed by atoms with van der Waals surface area (Å²) in [5, 5.41) is 16.3. The van der Waals surface area contributed by atoms with E-state index in [0.29, 0.717) is 18.9 Å². The van der Waals surface area contributed by atoms with Gasteiger partial charge in [-0.2, -0.15) is 0 Å². The van der Waals surface area contributed by atoms with Crippen molar-refractivity contribution in [3.8, 4) is 5.75 Å². The van der Waals surface area contributed by atoms with Crippen molar-refractivity contribution in [3.05, 3.63) is 102 Å². The number of carbonyl (C=O) groups is 3. The molecule has 3 rings (SSSR count). The molecule has 3 aromatic carbocycles. The van der Waals surface area contributed by atoms with Gasteiger partial charge in [-0.3, -0.25) is 15.0 Å². The van der Waals surface area contributed by atoms with Gasteiger partial charge in [-0.25, -0.2) is 9.80 Å². The minimum absolute atomic E-state index is 0.00286. The maximum absolute atomic E-state index is 12.3. The second-order valence-electron chi connectivity index (χ2n) is 8.47. The molecule has 0 aromatic heterocycles. The van der Waals surface area contributed by atoms with Gasteiger partial charge in [0.2, 0.25) is 5.91 Å². The van der Waals surface area contributed by atoms with Crippen LogP contribution in [0.4, 0.5) is 4.79 Å². The van der Waals surface area contributed by atoms with Crippen LogP contribution < -0.4 is 20.8 Å². The van der Waals surface area contributed by atoms with Crippen LogP contribution in [-0.4, -0.2) is 47.7 Å². The van der Waals surface area contributed by atoms with E-state index in [0.717, 1.165) is 16.7 Å². The number of amides is 3. The van der Waals surface area contributed by atoms with Crippen molar-refractivity contribution < 1.29 is 24.2 Å². The fourth-order valence-electron chi connectivity index (χ4n) is 3.54. The zero-order chi connectivity index (χ0) is 26.5. The van der Waals surface area contributed by atoms with E-state index in [1.165, 1.54) is 12.1 Å². The van der Waals surface area contributed by atoms with Gasteiger partial charge in [0.15, 0.2) is 0 Å². The summed E-state index contributed by atoms with van der Waals surface area (Å²) in [7, 11) is 1.51. The molecule has 0 saturated heterocycles. The molecule has 0 saturated carbocycles. The van der Waals surface area contributed by atoms with Crippen LogP contribution in [0.2, 0.25) is 0 Å². The predicted octanol–water partition coefficient (Wildman–Crippen LogP) is 3.11. The van der Waals surface area contributed by atoms with E-state index in [1.54, 1.807) is 12.1 Å². The zero-order valence-corrected chi connectivity index (χ0v) is 20.7. The summed E-state index contributed by atoms with van der Waals surface area (Å²) in [5.74, 6) is -0.783. The van der Waals surface area contributed by atoms with Crippen molar-refractivity contribution in [2.45, 2.75) is 32.0 Å². The maximum atomic E-state index is 12.3. The number of likely N-dealkylation sites (N-methyl/N-ethyl adjacent to an activating group) is 1. The summed E-state index contributed by atoms with van der Waals surface area (Å²) in [6.45, 7) is 0.931. The molecule has 1 unspecified atom stereocenters. The first kappa shape index (κ1) is 27.2. The van der Waals surface area contributed by atoms with Gasteiger partial charge in [0.1, 0.15) is 18.4 Å². The van der Waals surface area contributed by atoms with Gasteiger partial charge >= 0.3 is 12.0 Å². The first-order valence-corrected chi connectivity index (χ1v) is 12.0. The number of benzene rings is 3. The Labute approximate surface area is 216 Å². The van der Waals surface area contributed by atoms with E-state index in [4.69, 9.17) is 4.74 Å². The van der Waals surface area contributed by atoms with Crippen LogP contribution in [0.25, 0.3) is 0 Å². The first-order chi connectivity index (χ1) is 17.9. The molecule has 0 aliphatic carbocycles. The molecule has 0 aliphatic heterocycles. The van der Waals surface area contributed by atoms with Crippen molar-refractivity contribution in [1.29, 1.82) is 0 Å². The highest BCUT2D eigenvalue weighted by Gasteiger charge is 2.24. The monoisotopic (exact) mass is 504 g/mol. The number of hydrazine groups is 1. The number of hydrogen-bond acceptors (Lipinski definition) is 5. The maximum Gasteiger partial charge on any atom is 0.323 e. The van der Waals surface area contributed by atoms with E-state index in [1.807, 2.05) is 72.8 Å². The van der Waals surface area contributed by atoms with Crippen LogP contribution in [0.3, 0.4) is 0 Å². The number of carbonyl (C=O) groups excluding carboxylic acids is 2. The largest absolute Gasteiger partial charge is 0.489 e. The summed E-state index contributed by atoms with van der Waals surface area (Å²) < 4.78 is 5.77. The van der Waals surface area contributed by atoms with Gasteiger partial charge in [-0.1, -0.05) is 72.8 Å². The van der Waals surface area contributed by atoms with Crippen LogP contribution in [0.5, 0.6) is 5.75 Å². The zero-order valence-electron chi connectivity index (χ0n) is 20.7. The number of hydrogen-bond donors (Lipinski definition) is 4. The number of rotatable bonds is 13. The lowest BCUT2D eigenvalue weighted by Gasteiger charge is -2.25. The Morgan fingerprint density at radius 2 is 1.46 bits per heavy atom. The van der Waals surface area contributed by atoms with Crippen LogP contribution in [0.15, 0.2) is 84.9 Å². The quantitative estimate of drug-likeness (QED) is 0.266. The lowest BCUT2D eigenvalue weighted by Crippen LogP contribution is -2.51. The van der Waals surface area contributed by atoms with Gasteiger partial charge < -0.3 is 20.5 Å². The van der Waals surface area contributed by atoms with E-state index in [9.17, 15) is 19.5 Å². The Bertz CT molecular complexity index is 1140. The van der Waals surface area contributed by atoms with Gasteiger partial charge in [0.25, 0.3) is 0 Å². The summed E-state index contributed by atoms with van der Waals surface area (Å²) in [6, 6.07) is 25.1. The van der Waals surface area contributed by atoms with Crippen molar-refractivity contribution in [2.24, 2.45) is 0 Å². The first-order valence-electron chi connectivity index (χ1n) is 12.0. The Morgan fingerprint density at radius 1 is 0.838 bits per heavy atom. The molecule has 9 heteroatoms. The average molecular weight is 505 g/mol. The third-order valence-electron chi connectivity index (χ3n) is 5.59. The molecule has 0 fully saturated rings. The highest BCUT2D eigenvalue weighted by atomic mass is 16.5. The number of carboxylic acid groups (broad SMARTS) is 1.